The minimum atomic E-state index is 0.329. The van der Waals surface area contributed by atoms with E-state index in [1.54, 1.807) is 6.20 Å². The Bertz CT molecular complexity index is 467. The summed E-state index contributed by atoms with van der Waals surface area (Å²) in [5, 5.41) is 0. The van der Waals surface area contributed by atoms with Gasteiger partial charge in [0.2, 0.25) is 5.91 Å². The van der Waals surface area contributed by atoms with E-state index in [4.69, 9.17) is 0 Å². The summed E-state index contributed by atoms with van der Waals surface area (Å²) in [6, 6.07) is 0.329. The molecule has 1 N–H and O–H groups in total. The van der Waals surface area contributed by atoms with Gasteiger partial charge in [0.25, 0.3) is 0 Å². The fourth-order valence-corrected chi connectivity index (χ4v) is 3.16. The lowest BCUT2D eigenvalue weighted by atomic mass is 10.0. The third kappa shape index (κ3) is 3.64. The van der Waals surface area contributed by atoms with Gasteiger partial charge in [0.15, 0.2) is 0 Å². The van der Waals surface area contributed by atoms with Crippen molar-refractivity contribution in [1.82, 2.24) is 19.8 Å². The molecule has 1 amide bonds. The zero-order valence-electron chi connectivity index (χ0n) is 13.1. The Hall–Kier alpha value is -1.36. The zero-order valence-corrected chi connectivity index (χ0v) is 13.1. The monoisotopic (exact) mass is 290 g/mol. The second kappa shape index (κ2) is 6.18. The molecule has 1 aromatic heterocycles. The molecule has 5 nitrogen and oxygen atoms in total. The van der Waals surface area contributed by atoms with Gasteiger partial charge in [0.1, 0.15) is 5.82 Å². The molecule has 2 heterocycles. The second-order valence-electron chi connectivity index (χ2n) is 6.82. The molecule has 1 aliphatic heterocycles. The number of nitrogens with zero attached hydrogens (tertiary/aromatic N) is 3. The number of aromatic nitrogens is 2. The predicted molar refractivity (Wildman–Crippen MR) is 81.5 cm³/mol. The summed E-state index contributed by atoms with van der Waals surface area (Å²) >= 11 is 0. The molecule has 5 heteroatoms. The van der Waals surface area contributed by atoms with Crippen molar-refractivity contribution in [2.75, 3.05) is 19.6 Å². The first-order valence-electron chi connectivity index (χ1n) is 8.13. The summed E-state index contributed by atoms with van der Waals surface area (Å²) < 4.78 is 0. The minimum Gasteiger partial charge on any atom is -0.348 e. The lowest BCUT2D eigenvalue weighted by molar-refractivity contribution is -0.133. The molecule has 1 atom stereocenters. The summed E-state index contributed by atoms with van der Waals surface area (Å²) in [5.41, 5.74) is 0. The van der Waals surface area contributed by atoms with Crippen LogP contribution in [-0.2, 0) is 11.3 Å². The number of nitrogens with one attached hydrogen (secondary N) is 1. The van der Waals surface area contributed by atoms with E-state index in [9.17, 15) is 4.79 Å². The molecule has 21 heavy (non-hydrogen) atoms. The molecule has 0 aromatic carbocycles. The van der Waals surface area contributed by atoms with Crippen LogP contribution in [0.2, 0.25) is 0 Å². The Morgan fingerprint density at radius 1 is 1.43 bits per heavy atom. The van der Waals surface area contributed by atoms with E-state index in [0.717, 1.165) is 37.9 Å². The van der Waals surface area contributed by atoms with E-state index in [-0.39, 0.29) is 0 Å². The van der Waals surface area contributed by atoms with Gasteiger partial charge in [-0.3, -0.25) is 9.69 Å². The van der Waals surface area contributed by atoms with Crippen molar-refractivity contribution in [3.63, 3.8) is 0 Å². The Kier molecular flexibility index (Phi) is 4.29. The number of hydrogen-bond acceptors (Lipinski definition) is 3. The normalized spacial score (nSPS) is 24.6. The van der Waals surface area contributed by atoms with Crippen LogP contribution in [0.25, 0.3) is 0 Å². The highest BCUT2D eigenvalue weighted by atomic mass is 16.2. The van der Waals surface area contributed by atoms with Gasteiger partial charge in [-0.15, -0.1) is 0 Å². The molecular formula is C16H26N4O. The van der Waals surface area contributed by atoms with Crippen molar-refractivity contribution in [3.8, 4) is 0 Å². The van der Waals surface area contributed by atoms with Gasteiger partial charge in [-0.1, -0.05) is 13.8 Å². The Morgan fingerprint density at radius 3 is 2.86 bits per heavy atom. The van der Waals surface area contributed by atoms with Crippen LogP contribution in [0.3, 0.4) is 0 Å². The van der Waals surface area contributed by atoms with Crippen LogP contribution in [0.4, 0.5) is 0 Å². The van der Waals surface area contributed by atoms with Crippen molar-refractivity contribution < 1.29 is 4.79 Å². The summed E-state index contributed by atoms with van der Waals surface area (Å²) in [5.74, 6) is 2.57. The van der Waals surface area contributed by atoms with E-state index >= 15 is 0 Å². The van der Waals surface area contributed by atoms with Crippen LogP contribution < -0.4 is 0 Å². The number of carbonyl (C=O) groups excluding carboxylic acids is 1. The van der Waals surface area contributed by atoms with Gasteiger partial charge in [0.05, 0.1) is 6.54 Å². The molecule has 0 radical (unpaired) electrons. The standard InChI is InChI=1S/C16H26N4O/c1-12(2)14-10-19(11-15-17-6-7-18-15)8-5-16(21)20(14)9-13-3-4-13/h6-7,12-14H,3-5,8-11H2,1-2H3,(H,17,18)/t14-/m1/s1. The van der Waals surface area contributed by atoms with Gasteiger partial charge in [-0.05, 0) is 24.7 Å². The maximum atomic E-state index is 12.5. The topological polar surface area (TPSA) is 52.2 Å². The van der Waals surface area contributed by atoms with Crippen LogP contribution in [-0.4, -0.2) is 51.4 Å². The average Bonchev–Trinajstić information content (AvgIpc) is 3.15. The summed E-state index contributed by atoms with van der Waals surface area (Å²) in [6.45, 7) is 8.03. The van der Waals surface area contributed by atoms with Crippen LogP contribution in [0.1, 0.15) is 38.9 Å². The summed E-state index contributed by atoms with van der Waals surface area (Å²) in [4.78, 5) is 24.5. The fourth-order valence-electron chi connectivity index (χ4n) is 3.16. The van der Waals surface area contributed by atoms with Crippen LogP contribution in [0, 0.1) is 11.8 Å². The molecule has 3 rings (SSSR count). The first-order valence-corrected chi connectivity index (χ1v) is 8.13. The highest BCUT2D eigenvalue weighted by molar-refractivity contribution is 5.77. The quantitative estimate of drug-likeness (QED) is 0.901. The lowest BCUT2D eigenvalue weighted by Gasteiger charge is -2.34. The maximum absolute atomic E-state index is 12.5. The number of rotatable bonds is 5. The number of hydrogen-bond donors (Lipinski definition) is 1. The molecule has 1 aliphatic carbocycles. The molecule has 0 unspecified atom stereocenters. The summed E-state index contributed by atoms with van der Waals surface area (Å²) in [6.07, 6.45) is 6.88. The third-order valence-corrected chi connectivity index (χ3v) is 4.66. The summed E-state index contributed by atoms with van der Waals surface area (Å²) in [7, 11) is 0. The van der Waals surface area contributed by atoms with Crippen molar-refractivity contribution in [3.05, 3.63) is 18.2 Å². The Balaban J connectivity index is 1.70. The first kappa shape index (κ1) is 14.6. The maximum Gasteiger partial charge on any atom is 0.224 e. The van der Waals surface area contributed by atoms with Crippen LogP contribution >= 0.6 is 0 Å². The largest absolute Gasteiger partial charge is 0.348 e. The molecule has 0 spiro atoms. The van der Waals surface area contributed by atoms with Gasteiger partial charge >= 0.3 is 0 Å². The lowest BCUT2D eigenvalue weighted by Crippen LogP contribution is -2.47. The third-order valence-electron chi connectivity index (χ3n) is 4.66. The van der Waals surface area contributed by atoms with Gasteiger partial charge < -0.3 is 9.88 Å². The fraction of sp³-hybridized carbons (Fsp3) is 0.750. The molecule has 0 bridgehead atoms. The zero-order chi connectivity index (χ0) is 14.8. The second-order valence-corrected chi connectivity index (χ2v) is 6.82. The van der Waals surface area contributed by atoms with Crippen LogP contribution in [0.5, 0.6) is 0 Å². The number of carbonyl (C=O) groups is 1. The van der Waals surface area contributed by atoms with Gasteiger partial charge in [0, 0.05) is 44.5 Å². The Labute approximate surface area is 126 Å². The van der Waals surface area contributed by atoms with Crippen molar-refractivity contribution in [2.45, 2.75) is 45.7 Å². The molecule has 1 saturated heterocycles. The molecule has 1 saturated carbocycles. The molecule has 2 aliphatic rings. The number of aromatic amines is 1. The Morgan fingerprint density at radius 2 is 2.24 bits per heavy atom. The number of imidazole rings is 1. The highest BCUT2D eigenvalue weighted by Crippen LogP contribution is 2.32. The molecule has 116 valence electrons. The first-order chi connectivity index (χ1) is 10.1. The van der Waals surface area contributed by atoms with Crippen molar-refractivity contribution in [1.29, 1.82) is 0 Å². The van der Waals surface area contributed by atoms with E-state index in [1.807, 2.05) is 6.20 Å². The van der Waals surface area contributed by atoms with E-state index < -0.39 is 0 Å². The number of amides is 1. The molecule has 2 fully saturated rings. The van der Waals surface area contributed by atoms with Gasteiger partial charge in [-0.2, -0.15) is 0 Å². The van der Waals surface area contributed by atoms with Gasteiger partial charge in [-0.25, -0.2) is 4.98 Å². The SMILES string of the molecule is CC(C)[C@H]1CN(Cc2ncc[nH]2)CCC(=O)N1CC1CC1. The predicted octanol–water partition coefficient (Wildman–Crippen LogP) is 1.88. The molecule has 1 aromatic rings. The van der Waals surface area contributed by atoms with E-state index in [1.165, 1.54) is 12.8 Å². The number of H-pyrrole nitrogens is 1. The van der Waals surface area contributed by atoms with E-state index in [0.29, 0.717) is 24.3 Å². The van der Waals surface area contributed by atoms with Crippen molar-refractivity contribution >= 4 is 5.91 Å². The van der Waals surface area contributed by atoms with Crippen molar-refractivity contribution in [2.24, 2.45) is 11.8 Å². The highest BCUT2D eigenvalue weighted by Gasteiger charge is 2.35. The minimum absolute atomic E-state index is 0.329. The van der Waals surface area contributed by atoms with Crippen LogP contribution in [0.15, 0.2) is 12.4 Å². The molecular weight excluding hydrogens is 264 g/mol. The average molecular weight is 290 g/mol. The van der Waals surface area contributed by atoms with E-state index in [2.05, 4.69) is 33.6 Å². The smallest absolute Gasteiger partial charge is 0.224 e.